The van der Waals surface area contributed by atoms with E-state index in [4.69, 9.17) is 0 Å². The van der Waals surface area contributed by atoms with Crippen molar-refractivity contribution in [3.63, 3.8) is 0 Å². The fourth-order valence-corrected chi connectivity index (χ4v) is 2.68. The number of hydrogen-bond donors (Lipinski definition) is 0. The van der Waals surface area contributed by atoms with Gasteiger partial charge in [-0.15, -0.1) is 10.2 Å². The van der Waals surface area contributed by atoms with Gasteiger partial charge in [0.25, 0.3) is 0 Å². The first kappa shape index (κ1) is 14.5. The van der Waals surface area contributed by atoms with Crippen LogP contribution in [0.3, 0.4) is 0 Å². The number of benzene rings is 1. The van der Waals surface area contributed by atoms with Crippen molar-refractivity contribution in [2.75, 3.05) is 0 Å². The van der Waals surface area contributed by atoms with Gasteiger partial charge in [0.2, 0.25) is 0 Å². The van der Waals surface area contributed by atoms with Crippen LogP contribution in [-0.4, -0.2) is 4.57 Å². The molecule has 3 nitrogen and oxygen atoms in total. The Morgan fingerprint density at radius 2 is 1.60 bits per heavy atom. The van der Waals surface area contributed by atoms with Crippen LogP contribution in [0.15, 0.2) is 34.5 Å². The fraction of sp³-hybridized carbons (Fsp3) is 0.412. The van der Waals surface area contributed by atoms with E-state index in [1.807, 2.05) is 12.1 Å². The SMILES string of the molecule is CCc1c(C)c(N=Nc2ccc(C)cc2)n(CC)c1C. The highest BCUT2D eigenvalue weighted by atomic mass is 15.2. The van der Waals surface area contributed by atoms with Crippen LogP contribution < -0.4 is 0 Å². The molecule has 0 aliphatic carbocycles. The standard InChI is InChI=1S/C17H23N3/c1-6-16-13(4)17(20(7-2)14(16)5)19-18-15-10-8-12(3)9-11-15/h8-11H,6-7H2,1-5H3. The molecule has 0 fully saturated rings. The van der Waals surface area contributed by atoms with Crippen molar-refractivity contribution in [1.29, 1.82) is 0 Å². The van der Waals surface area contributed by atoms with Gasteiger partial charge in [-0.2, -0.15) is 0 Å². The number of aromatic nitrogens is 1. The summed E-state index contributed by atoms with van der Waals surface area (Å²) in [5.74, 6) is 0.988. The Balaban J connectivity index is 2.40. The van der Waals surface area contributed by atoms with Crippen LogP contribution in [0.5, 0.6) is 0 Å². The molecular formula is C17H23N3. The second-order valence-electron chi connectivity index (χ2n) is 5.15. The van der Waals surface area contributed by atoms with E-state index in [-0.39, 0.29) is 0 Å². The molecule has 0 aliphatic rings. The molecule has 0 saturated heterocycles. The molecule has 2 aromatic rings. The Morgan fingerprint density at radius 3 is 2.15 bits per heavy atom. The number of rotatable bonds is 4. The maximum Gasteiger partial charge on any atom is 0.158 e. The van der Waals surface area contributed by atoms with E-state index in [2.05, 4.69) is 61.5 Å². The zero-order chi connectivity index (χ0) is 14.7. The summed E-state index contributed by atoms with van der Waals surface area (Å²) in [4.78, 5) is 0. The van der Waals surface area contributed by atoms with Gasteiger partial charge in [-0.25, -0.2) is 0 Å². The lowest BCUT2D eigenvalue weighted by Crippen LogP contribution is -1.96. The lowest BCUT2D eigenvalue weighted by molar-refractivity contribution is 0.735. The summed E-state index contributed by atoms with van der Waals surface area (Å²) in [7, 11) is 0. The van der Waals surface area contributed by atoms with Crippen molar-refractivity contribution in [3.05, 3.63) is 46.6 Å². The summed E-state index contributed by atoms with van der Waals surface area (Å²) in [5, 5.41) is 8.87. The molecule has 2 rings (SSSR count). The first-order chi connectivity index (χ1) is 9.58. The van der Waals surface area contributed by atoms with Crippen molar-refractivity contribution >= 4 is 11.5 Å². The van der Waals surface area contributed by atoms with Gasteiger partial charge in [0.05, 0.1) is 5.69 Å². The minimum atomic E-state index is 0.898. The van der Waals surface area contributed by atoms with Crippen LogP contribution in [0.4, 0.5) is 11.5 Å². The predicted molar refractivity (Wildman–Crippen MR) is 84.3 cm³/mol. The summed E-state index contributed by atoms with van der Waals surface area (Å²) in [6.45, 7) is 11.6. The number of hydrogen-bond acceptors (Lipinski definition) is 2. The van der Waals surface area contributed by atoms with Gasteiger partial charge in [0, 0.05) is 12.2 Å². The lowest BCUT2D eigenvalue weighted by atomic mass is 10.1. The van der Waals surface area contributed by atoms with Gasteiger partial charge in [0.1, 0.15) is 0 Å². The second kappa shape index (κ2) is 6.04. The minimum Gasteiger partial charge on any atom is -0.329 e. The normalized spacial score (nSPS) is 11.4. The van der Waals surface area contributed by atoms with E-state index in [1.165, 1.54) is 22.4 Å². The molecule has 3 heteroatoms. The average Bonchev–Trinajstić information content (AvgIpc) is 2.68. The molecule has 0 saturated carbocycles. The third-order valence-corrected chi connectivity index (χ3v) is 3.85. The Bertz CT molecular complexity index is 619. The van der Waals surface area contributed by atoms with E-state index in [1.54, 1.807) is 0 Å². The molecule has 0 unspecified atom stereocenters. The van der Waals surface area contributed by atoms with Crippen LogP contribution in [0, 0.1) is 20.8 Å². The molecule has 0 spiro atoms. The first-order valence-corrected chi connectivity index (χ1v) is 7.25. The van der Waals surface area contributed by atoms with E-state index < -0.39 is 0 Å². The molecule has 1 aromatic carbocycles. The summed E-state index contributed by atoms with van der Waals surface area (Å²) < 4.78 is 2.24. The number of azo groups is 1. The lowest BCUT2D eigenvalue weighted by Gasteiger charge is -2.04. The monoisotopic (exact) mass is 269 g/mol. The van der Waals surface area contributed by atoms with Crippen LogP contribution in [0.2, 0.25) is 0 Å². The van der Waals surface area contributed by atoms with Crippen molar-refractivity contribution in [2.24, 2.45) is 10.2 Å². The quantitative estimate of drug-likeness (QED) is 0.664. The van der Waals surface area contributed by atoms with Crippen molar-refractivity contribution in [1.82, 2.24) is 4.57 Å². The Morgan fingerprint density at radius 1 is 0.950 bits per heavy atom. The van der Waals surface area contributed by atoms with Gasteiger partial charge in [-0.3, -0.25) is 0 Å². The molecule has 20 heavy (non-hydrogen) atoms. The molecule has 0 radical (unpaired) electrons. The van der Waals surface area contributed by atoms with Gasteiger partial charge < -0.3 is 4.57 Å². The Labute approximate surface area is 121 Å². The molecule has 106 valence electrons. The zero-order valence-corrected chi connectivity index (χ0v) is 13.1. The van der Waals surface area contributed by atoms with Crippen molar-refractivity contribution in [3.8, 4) is 0 Å². The smallest absolute Gasteiger partial charge is 0.158 e. The predicted octanol–water partition coefficient (Wildman–Crippen LogP) is 5.41. The van der Waals surface area contributed by atoms with Crippen LogP contribution in [-0.2, 0) is 13.0 Å². The van der Waals surface area contributed by atoms with E-state index >= 15 is 0 Å². The summed E-state index contributed by atoms with van der Waals surface area (Å²) in [6.07, 6.45) is 1.04. The molecule has 1 heterocycles. The number of nitrogens with zero attached hydrogens (tertiary/aromatic N) is 3. The van der Waals surface area contributed by atoms with Crippen molar-refractivity contribution < 1.29 is 0 Å². The molecule has 0 bridgehead atoms. The third-order valence-electron chi connectivity index (χ3n) is 3.85. The molecule has 0 N–H and O–H groups in total. The average molecular weight is 269 g/mol. The molecule has 0 amide bonds. The van der Waals surface area contributed by atoms with Gasteiger partial charge in [-0.05, 0) is 57.4 Å². The van der Waals surface area contributed by atoms with Gasteiger partial charge in [-0.1, -0.05) is 24.6 Å². The van der Waals surface area contributed by atoms with E-state index in [9.17, 15) is 0 Å². The number of aryl methyl sites for hydroxylation is 1. The summed E-state index contributed by atoms with van der Waals surface area (Å²) in [6, 6.07) is 8.12. The van der Waals surface area contributed by atoms with Gasteiger partial charge in [0.15, 0.2) is 5.82 Å². The highest BCUT2D eigenvalue weighted by Gasteiger charge is 2.14. The third kappa shape index (κ3) is 2.67. The highest BCUT2D eigenvalue weighted by molar-refractivity contribution is 5.50. The van der Waals surface area contributed by atoms with Gasteiger partial charge >= 0.3 is 0 Å². The van der Waals surface area contributed by atoms with E-state index in [0.29, 0.717) is 0 Å². The van der Waals surface area contributed by atoms with E-state index in [0.717, 1.165) is 24.5 Å². The summed E-state index contributed by atoms with van der Waals surface area (Å²) >= 11 is 0. The van der Waals surface area contributed by atoms with Crippen LogP contribution in [0.1, 0.15) is 36.2 Å². The van der Waals surface area contributed by atoms with Crippen LogP contribution in [0.25, 0.3) is 0 Å². The second-order valence-corrected chi connectivity index (χ2v) is 5.15. The maximum atomic E-state index is 4.49. The first-order valence-electron chi connectivity index (χ1n) is 7.25. The van der Waals surface area contributed by atoms with Crippen molar-refractivity contribution in [2.45, 2.75) is 47.6 Å². The Hall–Kier alpha value is -1.90. The fourth-order valence-electron chi connectivity index (χ4n) is 2.68. The maximum absolute atomic E-state index is 4.49. The Kier molecular flexibility index (Phi) is 4.38. The molecular weight excluding hydrogens is 246 g/mol. The highest BCUT2D eigenvalue weighted by Crippen LogP contribution is 2.30. The zero-order valence-electron chi connectivity index (χ0n) is 13.1. The minimum absolute atomic E-state index is 0.898. The largest absolute Gasteiger partial charge is 0.329 e. The summed E-state index contributed by atoms with van der Waals surface area (Å²) in [5.41, 5.74) is 6.09. The molecule has 1 aromatic heterocycles. The van der Waals surface area contributed by atoms with Crippen LogP contribution >= 0.6 is 0 Å². The molecule has 0 aliphatic heterocycles. The molecule has 0 atom stereocenters. The topological polar surface area (TPSA) is 29.6 Å².